The fraction of sp³-hybridized carbons (Fsp3) is 0.364. The fourth-order valence-corrected chi connectivity index (χ4v) is 1.18. The summed E-state index contributed by atoms with van der Waals surface area (Å²) in [5, 5.41) is 8.79. The van der Waals surface area contributed by atoms with Gasteiger partial charge >= 0.3 is 5.97 Å². The molecule has 0 aliphatic heterocycles. The first-order valence-corrected chi connectivity index (χ1v) is 4.85. The summed E-state index contributed by atoms with van der Waals surface area (Å²) in [5.41, 5.74) is 6.43. The smallest absolute Gasteiger partial charge is 0.344 e. The normalized spacial score (nSPS) is 12.1. The second-order valence-electron chi connectivity index (χ2n) is 3.20. The van der Waals surface area contributed by atoms with Crippen LogP contribution in [0.3, 0.4) is 0 Å². The van der Waals surface area contributed by atoms with Crippen LogP contribution in [0.25, 0.3) is 0 Å². The molecule has 0 aliphatic rings. The van der Waals surface area contributed by atoms with Crippen LogP contribution in [-0.4, -0.2) is 17.2 Å². The van der Waals surface area contributed by atoms with Crippen molar-refractivity contribution in [2.75, 3.05) is 0 Å². The van der Waals surface area contributed by atoms with Gasteiger partial charge in [-0.15, -0.1) is 0 Å². The lowest BCUT2D eigenvalue weighted by Gasteiger charge is -2.13. The summed E-state index contributed by atoms with van der Waals surface area (Å²) in [5.74, 6) is -0.387. The van der Waals surface area contributed by atoms with E-state index in [0.29, 0.717) is 18.7 Å². The number of carbonyl (C=O) groups is 1. The van der Waals surface area contributed by atoms with Gasteiger partial charge in [0.1, 0.15) is 5.75 Å². The molecule has 0 amide bonds. The molecule has 15 heavy (non-hydrogen) atoms. The van der Waals surface area contributed by atoms with Crippen molar-refractivity contribution < 1.29 is 14.6 Å². The lowest BCUT2D eigenvalue weighted by Crippen LogP contribution is -2.25. The van der Waals surface area contributed by atoms with Crippen molar-refractivity contribution in [3.8, 4) is 5.75 Å². The number of ether oxygens (including phenoxy) is 1. The molecule has 0 aromatic heterocycles. The molecular formula is C11H15NO3. The molecule has 0 fully saturated rings. The van der Waals surface area contributed by atoms with Gasteiger partial charge in [-0.3, -0.25) is 0 Å². The van der Waals surface area contributed by atoms with Gasteiger partial charge < -0.3 is 15.6 Å². The van der Waals surface area contributed by atoms with Crippen molar-refractivity contribution in [1.82, 2.24) is 0 Å². The molecule has 4 nitrogen and oxygen atoms in total. The highest BCUT2D eigenvalue weighted by Crippen LogP contribution is 2.14. The van der Waals surface area contributed by atoms with Gasteiger partial charge in [0, 0.05) is 6.54 Å². The van der Waals surface area contributed by atoms with Crippen molar-refractivity contribution in [3.63, 3.8) is 0 Å². The molecule has 0 spiro atoms. The average Bonchev–Trinajstić information content (AvgIpc) is 2.26. The van der Waals surface area contributed by atoms with Gasteiger partial charge in [-0.05, 0) is 24.1 Å². The standard InChI is InChI=1S/C11H15NO3/c1-2-10(11(13)14)15-9-5-3-8(7-12)4-6-9/h3-6,10H,2,7,12H2,1H3,(H,13,14). The Kier molecular flexibility index (Phi) is 4.12. The zero-order valence-corrected chi connectivity index (χ0v) is 8.64. The summed E-state index contributed by atoms with van der Waals surface area (Å²) in [7, 11) is 0. The van der Waals surface area contributed by atoms with E-state index < -0.39 is 12.1 Å². The van der Waals surface area contributed by atoms with E-state index in [4.69, 9.17) is 15.6 Å². The van der Waals surface area contributed by atoms with E-state index in [9.17, 15) is 4.79 Å². The zero-order valence-electron chi connectivity index (χ0n) is 8.64. The van der Waals surface area contributed by atoms with Gasteiger partial charge in [0.05, 0.1) is 0 Å². The average molecular weight is 209 g/mol. The summed E-state index contributed by atoms with van der Waals surface area (Å²) in [4.78, 5) is 10.7. The molecule has 0 saturated carbocycles. The third-order valence-electron chi connectivity index (χ3n) is 2.08. The van der Waals surface area contributed by atoms with E-state index in [1.54, 1.807) is 19.1 Å². The highest BCUT2D eigenvalue weighted by molar-refractivity contribution is 5.72. The van der Waals surface area contributed by atoms with Crippen LogP contribution in [0.4, 0.5) is 0 Å². The minimum Gasteiger partial charge on any atom is -0.479 e. The van der Waals surface area contributed by atoms with E-state index in [0.717, 1.165) is 5.56 Å². The topological polar surface area (TPSA) is 72.5 Å². The number of benzene rings is 1. The van der Waals surface area contributed by atoms with E-state index in [1.165, 1.54) is 0 Å². The summed E-state index contributed by atoms with van der Waals surface area (Å²) in [6, 6.07) is 7.11. The highest BCUT2D eigenvalue weighted by atomic mass is 16.5. The van der Waals surface area contributed by atoms with Crippen molar-refractivity contribution in [3.05, 3.63) is 29.8 Å². The third-order valence-corrected chi connectivity index (χ3v) is 2.08. The molecule has 0 aliphatic carbocycles. The maximum absolute atomic E-state index is 10.7. The van der Waals surface area contributed by atoms with E-state index in [1.807, 2.05) is 12.1 Å². The maximum atomic E-state index is 10.7. The van der Waals surface area contributed by atoms with Crippen LogP contribution in [0.15, 0.2) is 24.3 Å². The maximum Gasteiger partial charge on any atom is 0.344 e. The second-order valence-corrected chi connectivity index (χ2v) is 3.20. The first-order chi connectivity index (χ1) is 7.17. The quantitative estimate of drug-likeness (QED) is 0.768. The molecule has 4 heteroatoms. The highest BCUT2D eigenvalue weighted by Gasteiger charge is 2.16. The molecule has 1 aromatic carbocycles. The number of carboxylic acid groups (broad SMARTS) is 1. The monoisotopic (exact) mass is 209 g/mol. The molecular weight excluding hydrogens is 194 g/mol. The van der Waals surface area contributed by atoms with Crippen LogP contribution in [0.2, 0.25) is 0 Å². The van der Waals surface area contributed by atoms with Crippen LogP contribution in [0, 0.1) is 0 Å². The Balaban J connectivity index is 2.67. The first-order valence-electron chi connectivity index (χ1n) is 4.85. The third kappa shape index (κ3) is 3.25. The molecule has 3 N–H and O–H groups in total. The van der Waals surface area contributed by atoms with Gasteiger partial charge in [0.15, 0.2) is 6.10 Å². The lowest BCUT2D eigenvalue weighted by atomic mass is 10.2. The zero-order chi connectivity index (χ0) is 11.3. The van der Waals surface area contributed by atoms with E-state index in [-0.39, 0.29) is 0 Å². The number of aliphatic carboxylic acids is 1. The summed E-state index contributed by atoms with van der Waals surface area (Å²) in [6.45, 7) is 2.24. The van der Waals surface area contributed by atoms with Crippen molar-refractivity contribution >= 4 is 5.97 Å². The minimum absolute atomic E-state index is 0.438. The number of carboxylic acids is 1. The SMILES string of the molecule is CCC(Oc1ccc(CN)cc1)C(=O)O. The minimum atomic E-state index is -0.944. The predicted octanol–water partition coefficient (Wildman–Crippen LogP) is 1.39. The largest absolute Gasteiger partial charge is 0.479 e. The Morgan fingerprint density at radius 1 is 1.47 bits per heavy atom. The molecule has 1 rings (SSSR count). The van der Waals surface area contributed by atoms with Gasteiger partial charge in [0.2, 0.25) is 0 Å². The molecule has 1 atom stereocenters. The predicted molar refractivity (Wildman–Crippen MR) is 56.7 cm³/mol. The molecule has 1 aromatic rings. The van der Waals surface area contributed by atoms with Gasteiger partial charge in [-0.25, -0.2) is 4.79 Å². The Bertz CT molecular complexity index is 321. The van der Waals surface area contributed by atoms with Gasteiger partial charge in [0.25, 0.3) is 0 Å². The summed E-state index contributed by atoms with van der Waals surface area (Å²) >= 11 is 0. The number of rotatable bonds is 5. The molecule has 1 unspecified atom stereocenters. The Morgan fingerprint density at radius 3 is 2.47 bits per heavy atom. The molecule has 82 valence electrons. The van der Waals surface area contributed by atoms with Crippen LogP contribution >= 0.6 is 0 Å². The van der Waals surface area contributed by atoms with Crippen molar-refractivity contribution in [1.29, 1.82) is 0 Å². The van der Waals surface area contributed by atoms with Crippen LogP contribution in [-0.2, 0) is 11.3 Å². The molecule has 0 heterocycles. The summed E-state index contributed by atoms with van der Waals surface area (Å²) < 4.78 is 5.28. The Labute approximate surface area is 88.7 Å². The number of hydrogen-bond donors (Lipinski definition) is 2. The first kappa shape index (κ1) is 11.5. The number of nitrogens with two attached hydrogens (primary N) is 1. The van der Waals surface area contributed by atoms with Crippen LogP contribution < -0.4 is 10.5 Å². The Hall–Kier alpha value is -1.55. The van der Waals surface area contributed by atoms with Crippen molar-refractivity contribution in [2.45, 2.75) is 26.0 Å². The summed E-state index contributed by atoms with van der Waals surface area (Å²) in [6.07, 6.45) is -0.345. The van der Waals surface area contributed by atoms with Gasteiger partial charge in [-0.1, -0.05) is 19.1 Å². The van der Waals surface area contributed by atoms with Crippen molar-refractivity contribution in [2.24, 2.45) is 5.73 Å². The molecule has 0 bridgehead atoms. The van der Waals surface area contributed by atoms with Crippen LogP contribution in [0.5, 0.6) is 5.75 Å². The fourth-order valence-electron chi connectivity index (χ4n) is 1.18. The lowest BCUT2D eigenvalue weighted by molar-refractivity contribution is -0.145. The Morgan fingerprint density at radius 2 is 2.07 bits per heavy atom. The van der Waals surface area contributed by atoms with Crippen LogP contribution in [0.1, 0.15) is 18.9 Å². The second kappa shape index (κ2) is 5.36. The molecule has 0 radical (unpaired) electrons. The van der Waals surface area contributed by atoms with E-state index >= 15 is 0 Å². The molecule has 0 saturated heterocycles. The van der Waals surface area contributed by atoms with Gasteiger partial charge in [-0.2, -0.15) is 0 Å². The van der Waals surface area contributed by atoms with E-state index in [2.05, 4.69) is 0 Å². The number of hydrogen-bond acceptors (Lipinski definition) is 3.